The first-order valence-corrected chi connectivity index (χ1v) is 8.34. The van der Waals surface area contributed by atoms with Crippen LogP contribution >= 0.6 is 23.4 Å². The van der Waals surface area contributed by atoms with Crippen molar-refractivity contribution in [2.45, 2.75) is 4.90 Å². The summed E-state index contributed by atoms with van der Waals surface area (Å²) in [5.41, 5.74) is 5.86. The summed E-state index contributed by atoms with van der Waals surface area (Å²) in [5.74, 6) is 0. The number of rotatable bonds is 4. The van der Waals surface area contributed by atoms with Gasteiger partial charge in [-0.25, -0.2) is 0 Å². The van der Waals surface area contributed by atoms with E-state index in [0.717, 1.165) is 22.2 Å². The molecule has 3 aromatic rings. The Morgan fingerprint density at radius 2 is 1.95 bits per heavy atom. The van der Waals surface area contributed by atoms with Crippen LogP contribution in [0.3, 0.4) is 0 Å². The van der Waals surface area contributed by atoms with Crippen LogP contribution < -0.4 is 5.43 Å². The number of nitrogens with one attached hydrogen (secondary N) is 1. The minimum Gasteiger partial charge on any atom is -0.278 e. The fourth-order valence-electron chi connectivity index (χ4n) is 2.09. The zero-order valence-corrected chi connectivity index (χ0v) is 13.5. The normalized spacial score (nSPS) is 11.2. The minimum atomic E-state index is 0.675. The van der Waals surface area contributed by atoms with E-state index < -0.39 is 0 Å². The fourth-order valence-corrected chi connectivity index (χ4v) is 2.66. The second-order valence-electron chi connectivity index (χ2n) is 4.66. The molecule has 22 heavy (non-hydrogen) atoms. The Balaban J connectivity index is 1.79. The van der Waals surface area contributed by atoms with Crippen molar-refractivity contribution in [3.8, 4) is 0 Å². The number of pyridine rings is 1. The second-order valence-corrected chi connectivity index (χ2v) is 5.98. The summed E-state index contributed by atoms with van der Waals surface area (Å²) >= 11 is 7.71. The molecule has 0 bridgehead atoms. The standard InChI is InChI=1S/C17H14ClN3S/c1-22-14-5-2-12(3-6-14)11-20-21-16-8-9-19-17-10-13(18)4-7-15(16)17/h2-11H,1H3,(H,19,21). The summed E-state index contributed by atoms with van der Waals surface area (Å²) in [7, 11) is 0. The average molecular weight is 328 g/mol. The number of benzene rings is 2. The predicted molar refractivity (Wildman–Crippen MR) is 96.2 cm³/mol. The SMILES string of the molecule is CSc1ccc(C=NNc2ccnc3cc(Cl)ccc23)cc1. The molecule has 0 aliphatic rings. The third-order valence-electron chi connectivity index (χ3n) is 3.22. The van der Waals surface area contributed by atoms with Gasteiger partial charge in [0.1, 0.15) is 0 Å². The Morgan fingerprint density at radius 1 is 1.14 bits per heavy atom. The highest BCUT2D eigenvalue weighted by Gasteiger charge is 2.01. The third kappa shape index (κ3) is 3.40. The van der Waals surface area contributed by atoms with Crippen molar-refractivity contribution in [1.82, 2.24) is 4.98 Å². The molecular weight excluding hydrogens is 314 g/mol. The van der Waals surface area contributed by atoms with Gasteiger partial charge < -0.3 is 0 Å². The number of hydrogen-bond donors (Lipinski definition) is 1. The fraction of sp³-hybridized carbons (Fsp3) is 0.0588. The van der Waals surface area contributed by atoms with E-state index in [2.05, 4.69) is 33.9 Å². The number of nitrogens with zero attached hydrogens (tertiary/aromatic N) is 2. The maximum Gasteiger partial charge on any atom is 0.0738 e. The highest BCUT2D eigenvalue weighted by Crippen LogP contribution is 2.24. The van der Waals surface area contributed by atoms with Gasteiger partial charge in [-0.3, -0.25) is 10.4 Å². The van der Waals surface area contributed by atoms with Crippen LogP contribution in [-0.2, 0) is 0 Å². The molecule has 3 rings (SSSR count). The maximum atomic E-state index is 5.99. The first-order chi connectivity index (χ1) is 10.8. The second kappa shape index (κ2) is 6.81. The zero-order chi connectivity index (χ0) is 15.4. The summed E-state index contributed by atoms with van der Waals surface area (Å²) in [4.78, 5) is 5.55. The number of hydrazone groups is 1. The third-order valence-corrected chi connectivity index (χ3v) is 4.20. The molecule has 0 spiro atoms. The van der Waals surface area contributed by atoms with E-state index in [0.29, 0.717) is 5.02 Å². The molecular formula is C17H14ClN3S. The molecule has 1 heterocycles. The van der Waals surface area contributed by atoms with E-state index in [4.69, 9.17) is 11.6 Å². The number of thioether (sulfide) groups is 1. The Kier molecular flexibility index (Phi) is 4.61. The molecule has 3 nitrogen and oxygen atoms in total. The van der Waals surface area contributed by atoms with Gasteiger partial charge in [0, 0.05) is 21.5 Å². The molecule has 1 aromatic heterocycles. The Hall–Kier alpha value is -2.04. The van der Waals surface area contributed by atoms with E-state index in [1.165, 1.54) is 4.90 Å². The Labute approximate surface area is 138 Å². The number of anilines is 1. The summed E-state index contributed by atoms with van der Waals surface area (Å²) in [6.07, 6.45) is 5.60. The van der Waals surface area contributed by atoms with E-state index >= 15 is 0 Å². The van der Waals surface area contributed by atoms with E-state index in [1.807, 2.05) is 36.4 Å². The quantitative estimate of drug-likeness (QED) is 0.413. The lowest BCUT2D eigenvalue weighted by Gasteiger charge is -2.05. The van der Waals surface area contributed by atoms with Gasteiger partial charge in [0.25, 0.3) is 0 Å². The molecule has 5 heteroatoms. The van der Waals surface area contributed by atoms with Crippen LogP contribution in [0.1, 0.15) is 5.56 Å². The molecule has 0 aliphatic carbocycles. The van der Waals surface area contributed by atoms with Crippen molar-refractivity contribution in [3.63, 3.8) is 0 Å². The maximum absolute atomic E-state index is 5.99. The Morgan fingerprint density at radius 3 is 2.73 bits per heavy atom. The molecule has 0 aliphatic heterocycles. The van der Waals surface area contributed by atoms with E-state index in [-0.39, 0.29) is 0 Å². The smallest absolute Gasteiger partial charge is 0.0738 e. The van der Waals surface area contributed by atoms with Crippen LogP contribution in [0.25, 0.3) is 10.9 Å². The minimum absolute atomic E-state index is 0.675. The highest BCUT2D eigenvalue weighted by molar-refractivity contribution is 7.98. The molecule has 0 saturated carbocycles. The molecule has 2 aromatic carbocycles. The summed E-state index contributed by atoms with van der Waals surface area (Å²) in [5, 5.41) is 5.96. The van der Waals surface area contributed by atoms with Gasteiger partial charge in [0.2, 0.25) is 0 Å². The lowest BCUT2D eigenvalue weighted by atomic mass is 10.2. The van der Waals surface area contributed by atoms with Gasteiger partial charge in [-0.2, -0.15) is 5.10 Å². The van der Waals surface area contributed by atoms with E-state index in [1.54, 1.807) is 24.2 Å². The summed E-state index contributed by atoms with van der Waals surface area (Å²) in [6, 6.07) is 15.8. The van der Waals surface area contributed by atoms with Crippen molar-refractivity contribution in [1.29, 1.82) is 0 Å². The van der Waals surface area contributed by atoms with Crippen molar-refractivity contribution < 1.29 is 0 Å². The molecule has 0 fully saturated rings. The predicted octanol–water partition coefficient (Wildman–Crippen LogP) is 5.06. The summed E-state index contributed by atoms with van der Waals surface area (Å²) in [6.45, 7) is 0. The van der Waals surface area contributed by atoms with E-state index in [9.17, 15) is 0 Å². The lowest BCUT2D eigenvalue weighted by molar-refractivity contribution is 1.33. The molecule has 110 valence electrons. The molecule has 0 amide bonds. The molecule has 0 saturated heterocycles. The highest BCUT2D eigenvalue weighted by atomic mass is 35.5. The first kappa shape index (κ1) is 14.9. The largest absolute Gasteiger partial charge is 0.278 e. The molecule has 0 unspecified atom stereocenters. The van der Waals surface area contributed by atoms with Gasteiger partial charge in [0.15, 0.2) is 0 Å². The zero-order valence-electron chi connectivity index (χ0n) is 12.0. The van der Waals surface area contributed by atoms with Gasteiger partial charge in [-0.05, 0) is 48.2 Å². The molecule has 0 radical (unpaired) electrons. The van der Waals surface area contributed by atoms with Gasteiger partial charge in [0.05, 0.1) is 17.4 Å². The van der Waals surface area contributed by atoms with Crippen molar-refractivity contribution in [2.24, 2.45) is 5.10 Å². The average Bonchev–Trinajstić information content (AvgIpc) is 2.55. The van der Waals surface area contributed by atoms with Crippen LogP contribution in [-0.4, -0.2) is 17.5 Å². The van der Waals surface area contributed by atoms with Crippen LogP contribution in [0, 0.1) is 0 Å². The van der Waals surface area contributed by atoms with Crippen LogP contribution in [0.5, 0.6) is 0 Å². The van der Waals surface area contributed by atoms with Crippen LogP contribution in [0.15, 0.2) is 64.7 Å². The van der Waals surface area contributed by atoms with Gasteiger partial charge in [-0.1, -0.05) is 23.7 Å². The lowest BCUT2D eigenvalue weighted by Crippen LogP contribution is -1.92. The monoisotopic (exact) mass is 327 g/mol. The van der Waals surface area contributed by atoms with Crippen LogP contribution in [0.4, 0.5) is 5.69 Å². The first-order valence-electron chi connectivity index (χ1n) is 6.74. The topological polar surface area (TPSA) is 37.3 Å². The Bertz CT molecular complexity index is 816. The number of aromatic nitrogens is 1. The number of hydrogen-bond acceptors (Lipinski definition) is 4. The van der Waals surface area contributed by atoms with Crippen LogP contribution in [0.2, 0.25) is 5.02 Å². The van der Waals surface area contributed by atoms with Crippen molar-refractivity contribution in [3.05, 3.63) is 65.3 Å². The van der Waals surface area contributed by atoms with Crippen molar-refractivity contribution >= 4 is 46.2 Å². The number of fused-ring (bicyclic) bond motifs is 1. The molecule has 1 N–H and O–H groups in total. The summed E-state index contributed by atoms with van der Waals surface area (Å²) < 4.78 is 0. The van der Waals surface area contributed by atoms with Gasteiger partial charge >= 0.3 is 0 Å². The number of halogens is 1. The van der Waals surface area contributed by atoms with Gasteiger partial charge in [-0.15, -0.1) is 11.8 Å². The molecule has 0 atom stereocenters. The van der Waals surface area contributed by atoms with Crippen molar-refractivity contribution in [2.75, 3.05) is 11.7 Å².